The summed E-state index contributed by atoms with van der Waals surface area (Å²) >= 11 is 0. The van der Waals surface area contributed by atoms with Crippen molar-refractivity contribution in [2.45, 2.75) is 46.6 Å². The molecule has 40 heavy (non-hydrogen) atoms. The number of nitrogens with one attached hydrogen (secondary N) is 2. The molecule has 0 aliphatic carbocycles. The monoisotopic (exact) mass is 572 g/mol. The Balaban J connectivity index is 1.64. The molecule has 0 radical (unpaired) electrons. The number of aliphatic hydroxyl groups excluding tert-OH is 1. The van der Waals surface area contributed by atoms with Gasteiger partial charge in [0.1, 0.15) is 30.0 Å². The van der Waals surface area contributed by atoms with Gasteiger partial charge in [-0.05, 0) is 65.6 Å². The number of aromatic nitrogens is 3. The van der Waals surface area contributed by atoms with Crippen LogP contribution in [0, 0.1) is 26.7 Å². The van der Waals surface area contributed by atoms with Crippen molar-refractivity contribution in [1.29, 1.82) is 0 Å². The number of hydrogen-bond donors (Lipinski definition) is 3. The van der Waals surface area contributed by atoms with E-state index in [2.05, 4.69) is 15.8 Å². The Morgan fingerprint density at radius 2 is 2.05 bits per heavy atom. The van der Waals surface area contributed by atoms with Gasteiger partial charge in [-0.2, -0.15) is 0 Å². The molecule has 1 aliphatic heterocycles. The van der Waals surface area contributed by atoms with E-state index in [9.17, 15) is 13.5 Å². The maximum atomic E-state index is 12.5. The van der Waals surface area contributed by atoms with E-state index in [1.807, 2.05) is 45.0 Å². The van der Waals surface area contributed by atoms with Gasteiger partial charge in [-0.3, -0.25) is 0 Å². The number of nitrogens with zero attached hydrogens (tertiary/aromatic N) is 4. The number of aliphatic hydroxyl groups is 1. The average molecular weight is 573 g/mol. The second kappa shape index (κ2) is 13.1. The lowest BCUT2D eigenvalue weighted by atomic mass is 9.99. The van der Waals surface area contributed by atoms with Crippen LogP contribution in [0.15, 0.2) is 28.8 Å². The van der Waals surface area contributed by atoms with Gasteiger partial charge < -0.3 is 25.0 Å². The number of anilines is 1. The Morgan fingerprint density at radius 3 is 2.75 bits per heavy atom. The zero-order valence-corrected chi connectivity index (χ0v) is 24.7. The van der Waals surface area contributed by atoms with E-state index in [0.717, 1.165) is 40.9 Å². The number of ether oxygens (including phenoxy) is 1. The van der Waals surface area contributed by atoms with Gasteiger partial charge in [-0.25, -0.2) is 22.7 Å². The van der Waals surface area contributed by atoms with E-state index in [-0.39, 0.29) is 18.3 Å². The number of rotatable bonds is 12. The zero-order chi connectivity index (χ0) is 28.9. The van der Waals surface area contributed by atoms with Gasteiger partial charge in [-0.15, -0.1) is 0 Å². The summed E-state index contributed by atoms with van der Waals surface area (Å²) in [7, 11) is -1.44. The van der Waals surface area contributed by atoms with E-state index in [1.54, 1.807) is 18.3 Å². The Kier molecular flexibility index (Phi) is 9.77. The van der Waals surface area contributed by atoms with Crippen LogP contribution in [0.4, 0.5) is 5.82 Å². The minimum atomic E-state index is -3.22. The summed E-state index contributed by atoms with van der Waals surface area (Å²) in [6, 6.07) is 7.46. The minimum absolute atomic E-state index is 0.111. The molecule has 11 nitrogen and oxygen atoms in total. The summed E-state index contributed by atoms with van der Waals surface area (Å²) in [4.78, 5) is 9.82. The molecule has 2 unspecified atom stereocenters. The smallest absolute Gasteiger partial charge is 0.213 e. The highest BCUT2D eigenvalue weighted by Crippen LogP contribution is 2.34. The van der Waals surface area contributed by atoms with Gasteiger partial charge in [-0.1, -0.05) is 17.3 Å². The van der Waals surface area contributed by atoms with Gasteiger partial charge in [0.25, 0.3) is 0 Å². The average Bonchev–Trinajstić information content (AvgIpc) is 3.29. The van der Waals surface area contributed by atoms with Crippen molar-refractivity contribution in [3.8, 4) is 28.4 Å². The third kappa shape index (κ3) is 6.98. The second-order valence-electron chi connectivity index (χ2n) is 10.3. The van der Waals surface area contributed by atoms with E-state index in [0.29, 0.717) is 49.3 Å². The Labute approximate surface area is 236 Å². The molecule has 0 spiro atoms. The van der Waals surface area contributed by atoms with Crippen LogP contribution in [0.25, 0.3) is 22.6 Å². The first kappa shape index (κ1) is 29.9. The molecule has 0 bridgehead atoms. The maximum absolute atomic E-state index is 12.5. The minimum Gasteiger partial charge on any atom is -0.491 e. The topological polar surface area (TPSA) is 143 Å². The molecular formula is C28H40N6O5S. The largest absolute Gasteiger partial charge is 0.491 e. The second-order valence-corrected chi connectivity index (χ2v) is 12.5. The van der Waals surface area contributed by atoms with E-state index < -0.39 is 16.1 Å². The zero-order valence-electron chi connectivity index (χ0n) is 23.9. The SMILES string of the molecule is CCS(=O)(=O)N1CCCC(CNc2nc(-c3cccc(OCC(O)CNC)c3)nc(-c3c(C)noc3C)c2C)C1. The summed E-state index contributed by atoms with van der Waals surface area (Å²) in [6.45, 7) is 9.63. The molecule has 1 aliphatic rings. The molecule has 12 heteroatoms. The highest BCUT2D eigenvalue weighted by Gasteiger charge is 2.28. The molecule has 2 aromatic heterocycles. The molecule has 1 aromatic carbocycles. The number of likely N-dealkylation sites (N-methyl/N-ethyl adjacent to an activating group) is 1. The van der Waals surface area contributed by atoms with Crippen LogP contribution in [-0.4, -0.2) is 84.6 Å². The Morgan fingerprint density at radius 1 is 1.25 bits per heavy atom. The fourth-order valence-corrected chi connectivity index (χ4v) is 6.17. The lowest BCUT2D eigenvalue weighted by Crippen LogP contribution is -2.42. The van der Waals surface area contributed by atoms with Crippen molar-refractivity contribution in [3.05, 3.63) is 41.3 Å². The number of aryl methyl sites for hydroxylation is 2. The third-order valence-electron chi connectivity index (χ3n) is 7.19. The van der Waals surface area contributed by atoms with Gasteiger partial charge in [0.05, 0.1) is 22.7 Å². The van der Waals surface area contributed by atoms with Crippen molar-refractivity contribution < 1.29 is 22.8 Å². The summed E-state index contributed by atoms with van der Waals surface area (Å²) in [6.07, 6.45) is 1.14. The van der Waals surface area contributed by atoms with Crippen molar-refractivity contribution in [2.24, 2.45) is 5.92 Å². The summed E-state index contributed by atoms with van der Waals surface area (Å²) in [5.74, 6) is 2.72. The van der Waals surface area contributed by atoms with Gasteiger partial charge in [0.15, 0.2) is 5.82 Å². The van der Waals surface area contributed by atoms with Gasteiger partial charge in [0.2, 0.25) is 10.0 Å². The standard InChI is InChI=1S/C28H40N6O5S/c1-6-40(36,37)34-12-8-9-21(16-34)14-30-27-18(2)26(25-19(3)33-39-20(25)4)31-28(32-27)22-10-7-11-24(13-22)38-17-23(35)15-29-5/h7,10-11,13,21,23,29,35H,6,8-9,12,14-17H2,1-5H3,(H,30,31,32). The van der Waals surface area contributed by atoms with Crippen LogP contribution < -0.4 is 15.4 Å². The molecule has 1 fully saturated rings. The fourth-order valence-electron chi connectivity index (χ4n) is 4.96. The quantitative estimate of drug-likeness (QED) is 0.296. The molecule has 1 saturated heterocycles. The molecule has 0 amide bonds. The van der Waals surface area contributed by atoms with Crippen molar-refractivity contribution in [1.82, 2.24) is 24.7 Å². The van der Waals surface area contributed by atoms with Crippen LogP contribution in [0.1, 0.15) is 36.8 Å². The maximum Gasteiger partial charge on any atom is 0.213 e. The summed E-state index contributed by atoms with van der Waals surface area (Å²) in [5, 5.41) is 20.6. The molecule has 3 aromatic rings. The first-order valence-corrected chi connectivity index (χ1v) is 15.3. The molecule has 2 atom stereocenters. The summed E-state index contributed by atoms with van der Waals surface area (Å²) < 4.78 is 37.8. The number of piperidine rings is 1. The molecule has 4 rings (SSSR count). The predicted octanol–water partition coefficient (Wildman–Crippen LogP) is 3.16. The van der Waals surface area contributed by atoms with Crippen LogP contribution >= 0.6 is 0 Å². The molecule has 3 heterocycles. The predicted molar refractivity (Wildman–Crippen MR) is 155 cm³/mol. The number of benzene rings is 1. The number of sulfonamides is 1. The van der Waals surface area contributed by atoms with Crippen molar-refractivity contribution >= 4 is 15.8 Å². The highest BCUT2D eigenvalue weighted by atomic mass is 32.2. The molecule has 218 valence electrons. The van der Waals surface area contributed by atoms with Crippen molar-refractivity contribution in [2.75, 3.05) is 50.9 Å². The lowest BCUT2D eigenvalue weighted by molar-refractivity contribution is 0.108. The molecule has 3 N–H and O–H groups in total. The van der Waals surface area contributed by atoms with Crippen LogP contribution in [0.3, 0.4) is 0 Å². The fraction of sp³-hybridized carbons (Fsp3) is 0.536. The normalized spacial score (nSPS) is 17.1. The van der Waals surface area contributed by atoms with E-state index in [4.69, 9.17) is 19.2 Å². The van der Waals surface area contributed by atoms with E-state index >= 15 is 0 Å². The molecule has 0 saturated carbocycles. The summed E-state index contributed by atoms with van der Waals surface area (Å²) in [5.41, 5.74) is 3.90. The van der Waals surface area contributed by atoms with Crippen LogP contribution in [0.2, 0.25) is 0 Å². The lowest BCUT2D eigenvalue weighted by Gasteiger charge is -2.32. The Bertz CT molecular complexity index is 1390. The first-order chi connectivity index (χ1) is 19.1. The van der Waals surface area contributed by atoms with Crippen LogP contribution in [0.5, 0.6) is 5.75 Å². The van der Waals surface area contributed by atoms with E-state index in [1.165, 1.54) is 0 Å². The first-order valence-electron chi connectivity index (χ1n) is 13.7. The van der Waals surface area contributed by atoms with Crippen molar-refractivity contribution in [3.63, 3.8) is 0 Å². The molecular weight excluding hydrogens is 532 g/mol. The Hall–Kier alpha value is -3.06. The highest BCUT2D eigenvalue weighted by molar-refractivity contribution is 7.89. The van der Waals surface area contributed by atoms with Crippen LogP contribution in [-0.2, 0) is 10.0 Å². The van der Waals surface area contributed by atoms with Gasteiger partial charge in [0, 0.05) is 37.3 Å². The number of hydrogen-bond acceptors (Lipinski definition) is 10. The third-order valence-corrected chi connectivity index (χ3v) is 9.04. The van der Waals surface area contributed by atoms with Gasteiger partial charge >= 0.3 is 0 Å².